The van der Waals surface area contributed by atoms with Crippen molar-refractivity contribution in [3.05, 3.63) is 35.4 Å². The fourth-order valence-electron chi connectivity index (χ4n) is 2.21. The third-order valence-corrected chi connectivity index (χ3v) is 3.42. The van der Waals surface area contributed by atoms with Crippen LogP contribution in [0.1, 0.15) is 18.1 Å². The molecule has 0 aromatic heterocycles. The molecule has 1 heterocycles. The van der Waals surface area contributed by atoms with Crippen LogP contribution in [0.25, 0.3) is 0 Å². The molecular weight excluding hydrogens is 274 g/mol. The summed E-state index contributed by atoms with van der Waals surface area (Å²) in [4.78, 5) is 41.2. The molecule has 1 aromatic rings. The molecule has 1 saturated heterocycles. The van der Waals surface area contributed by atoms with E-state index in [0.717, 1.165) is 10.5 Å². The minimum Gasteiger partial charge on any atom is -0.319 e. The topological polar surface area (TPSA) is 87.7 Å². The van der Waals surface area contributed by atoms with Crippen molar-refractivity contribution in [2.24, 2.45) is 0 Å². The van der Waals surface area contributed by atoms with Crippen LogP contribution in [0.4, 0.5) is 4.79 Å². The van der Waals surface area contributed by atoms with Gasteiger partial charge in [0.05, 0.1) is 7.11 Å². The van der Waals surface area contributed by atoms with Crippen molar-refractivity contribution in [1.29, 1.82) is 0 Å². The van der Waals surface area contributed by atoms with Gasteiger partial charge in [0, 0.05) is 0 Å². The van der Waals surface area contributed by atoms with Gasteiger partial charge in [-0.1, -0.05) is 29.8 Å². The van der Waals surface area contributed by atoms with Crippen LogP contribution in [0.5, 0.6) is 0 Å². The SMILES string of the molecule is CONC(=O)CN1C(=O)NC(C)(c2ccc(C)cc2)C1=O. The van der Waals surface area contributed by atoms with Crippen LogP contribution < -0.4 is 10.8 Å². The van der Waals surface area contributed by atoms with Crippen LogP contribution in [0.15, 0.2) is 24.3 Å². The zero-order chi connectivity index (χ0) is 15.6. The maximum Gasteiger partial charge on any atom is 0.325 e. The van der Waals surface area contributed by atoms with Gasteiger partial charge in [0.2, 0.25) is 0 Å². The van der Waals surface area contributed by atoms with Crippen LogP contribution in [-0.4, -0.2) is 36.4 Å². The monoisotopic (exact) mass is 291 g/mol. The van der Waals surface area contributed by atoms with E-state index in [0.29, 0.717) is 5.56 Å². The lowest BCUT2D eigenvalue weighted by Crippen LogP contribution is -2.43. The minimum atomic E-state index is -1.17. The number of urea groups is 1. The van der Waals surface area contributed by atoms with E-state index in [1.54, 1.807) is 19.1 Å². The van der Waals surface area contributed by atoms with Crippen molar-refractivity contribution in [3.63, 3.8) is 0 Å². The molecule has 0 spiro atoms. The average molecular weight is 291 g/mol. The van der Waals surface area contributed by atoms with Crippen LogP contribution in [0.2, 0.25) is 0 Å². The van der Waals surface area contributed by atoms with Gasteiger partial charge in [0.15, 0.2) is 0 Å². The number of benzene rings is 1. The fraction of sp³-hybridized carbons (Fsp3) is 0.357. The lowest BCUT2D eigenvalue weighted by atomic mass is 9.91. The molecule has 7 nitrogen and oxygen atoms in total. The third-order valence-electron chi connectivity index (χ3n) is 3.42. The number of hydrogen-bond donors (Lipinski definition) is 2. The lowest BCUT2D eigenvalue weighted by molar-refractivity contribution is -0.138. The molecule has 1 unspecified atom stereocenters. The van der Waals surface area contributed by atoms with Gasteiger partial charge in [0.1, 0.15) is 12.1 Å². The van der Waals surface area contributed by atoms with Crippen LogP contribution in [0.3, 0.4) is 0 Å². The summed E-state index contributed by atoms with van der Waals surface area (Å²) in [7, 11) is 1.28. The molecule has 21 heavy (non-hydrogen) atoms. The molecule has 112 valence electrons. The molecule has 2 rings (SSSR count). The highest BCUT2D eigenvalue weighted by Gasteiger charge is 2.49. The number of aryl methyl sites for hydroxylation is 1. The number of imide groups is 1. The molecular formula is C14H17N3O4. The zero-order valence-electron chi connectivity index (χ0n) is 12.1. The van der Waals surface area contributed by atoms with Crippen LogP contribution in [0, 0.1) is 6.92 Å². The molecule has 1 fully saturated rings. The standard InChI is InChI=1S/C14H17N3O4/c1-9-4-6-10(7-5-9)14(2)12(19)17(13(20)15-14)8-11(18)16-21-3/h4-7H,8H2,1-3H3,(H,15,20)(H,16,18). The Labute approximate surface area is 122 Å². The molecule has 1 aromatic carbocycles. The largest absolute Gasteiger partial charge is 0.325 e. The Morgan fingerprint density at radius 3 is 2.52 bits per heavy atom. The molecule has 0 radical (unpaired) electrons. The first-order chi connectivity index (χ1) is 9.88. The van der Waals surface area contributed by atoms with E-state index in [1.165, 1.54) is 7.11 Å². The third kappa shape index (κ3) is 2.73. The first kappa shape index (κ1) is 15.0. The lowest BCUT2D eigenvalue weighted by Gasteiger charge is -2.22. The second-order valence-corrected chi connectivity index (χ2v) is 5.04. The maximum atomic E-state index is 12.5. The number of carbonyl (C=O) groups is 3. The van der Waals surface area contributed by atoms with Gasteiger partial charge in [-0.05, 0) is 19.4 Å². The molecule has 0 aliphatic carbocycles. The van der Waals surface area contributed by atoms with Gasteiger partial charge in [-0.3, -0.25) is 19.3 Å². The first-order valence-electron chi connectivity index (χ1n) is 6.41. The highest BCUT2D eigenvalue weighted by molar-refractivity contribution is 6.09. The number of carbonyl (C=O) groups excluding carboxylic acids is 3. The van der Waals surface area contributed by atoms with E-state index in [2.05, 4.69) is 15.6 Å². The predicted octanol–water partition coefficient (Wildman–Crippen LogP) is 0.440. The van der Waals surface area contributed by atoms with Crippen molar-refractivity contribution in [3.8, 4) is 0 Å². The number of hydrogen-bond acceptors (Lipinski definition) is 4. The Bertz CT molecular complexity index is 584. The molecule has 1 aliphatic heterocycles. The van der Waals surface area contributed by atoms with E-state index in [-0.39, 0.29) is 6.54 Å². The summed E-state index contributed by atoms with van der Waals surface area (Å²) in [6, 6.07) is 6.69. The van der Waals surface area contributed by atoms with Crippen LogP contribution >= 0.6 is 0 Å². The van der Waals surface area contributed by atoms with Crippen molar-refractivity contribution in [2.75, 3.05) is 13.7 Å². The zero-order valence-corrected chi connectivity index (χ0v) is 12.1. The second kappa shape index (κ2) is 5.53. The Hall–Kier alpha value is -2.41. The Balaban J connectivity index is 2.24. The van der Waals surface area contributed by atoms with E-state index >= 15 is 0 Å². The quantitative estimate of drug-likeness (QED) is 0.622. The van der Waals surface area contributed by atoms with Gasteiger partial charge in [0.25, 0.3) is 11.8 Å². The average Bonchev–Trinajstić information content (AvgIpc) is 2.64. The molecule has 0 saturated carbocycles. The van der Waals surface area contributed by atoms with Crippen molar-refractivity contribution in [2.45, 2.75) is 19.4 Å². The summed E-state index contributed by atoms with van der Waals surface area (Å²) in [5, 5.41) is 2.63. The fourth-order valence-corrected chi connectivity index (χ4v) is 2.21. The first-order valence-corrected chi connectivity index (χ1v) is 6.41. The molecule has 4 amide bonds. The minimum absolute atomic E-state index is 0.389. The summed E-state index contributed by atoms with van der Waals surface area (Å²) >= 11 is 0. The number of rotatable bonds is 4. The summed E-state index contributed by atoms with van der Waals surface area (Å²) < 4.78 is 0. The molecule has 2 N–H and O–H groups in total. The highest BCUT2D eigenvalue weighted by Crippen LogP contribution is 2.28. The Morgan fingerprint density at radius 2 is 1.95 bits per heavy atom. The molecule has 0 bridgehead atoms. The number of nitrogens with zero attached hydrogens (tertiary/aromatic N) is 1. The number of amides is 4. The van der Waals surface area contributed by atoms with E-state index in [9.17, 15) is 14.4 Å². The second-order valence-electron chi connectivity index (χ2n) is 5.04. The van der Waals surface area contributed by atoms with E-state index < -0.39 is 23.4 Å². The molecule has 1 atom stereocenters. The molecule has 1 aliphatic rings. The van der Waals surface area contributed by atoms with Gasteiger partial charge < -0.3 is 5.32 Å². The summed E-state index contributed by atoms with van der Waals surface area (Å²) in [5.41, 5.74) is 2.63. The van der Waals surface area contributed by atoms with Crippen molar-refractivity contribution in [1.82, 2.24) is 15.7 Å². The van der Waals surface area contributed by atoms with Crippen molar-refractivity contribution < 1.29 is 19.2 Å². The smallest absolute Gasteiger partial charge is 0.319 e. The highest BCUT2D eigenvalue weighted by atomic mass is 16.6. The van der Waals surface area contributed by atoms with Gasteiger partial charge in [-0.25, -0.2) is 10.3 Å². The molecule has 7 heteroatoms. The Morgan fingerprint density at radius 1 is 1.33 bits per heavy atom. The van der Waals surface area contributed by atoms with E-state index in [4.69, 9.17) is 0 Å². The summed E-state index contributed by atoms with van der Waals surface area (Å²) in [6.45, 7) is 3.16. The Kier molecular flexibility index (Phi) is 3.95. The van der Waals surface area contributed by atoms with Crippen molar-refractivity contribution >= 4 is 17.8 Å². The normalized spacial score (nSPS) is 21.4. The van der Waals surface area contributed by atoms with Gasteiger partial charge in [-0.2, -0.15) is 0 Å². The number of nitrogens with one attached hydrogen (secondary N) is 2. The predicted molar refractivity (Wildman–Crippen MR) is 73.9 cm³/mol. The maximum absolute atomic E-state index is 12.5. The van der Waals surface area contributed by atoms with E-state index in [1.807, 2.05) is 19.1 Å². The summed E-state index contributed by atoms with van der Waals surface area (Å²) in [5.74, 6) is -1.04. The number of hydroxylamine groups is 1. The van der Waals surface area contributed by atoms with Gasteiger partial charge >= 0.3 is 6.03 Å². The van der Waals surface area contributed by atoms with Crippen LogP contribution in [-0.2, 0) is 20.0 Å². The van der Waals surface area contributed by atoms with Gasteiger partial charge in [-0.15, -0.1) is 0 Å². The summed E-state index contributed by atoms with van der Waals surface area (Å²) in [6.07, 6.45) is 0.